The molecule has 0 aliphatic rings. The first kappa shape index (κ1) is 17.1. The van der Waals surface area contributed by atoms with Crippen LogP contribution >= 0.6 is 15.9 Å². The summed E-state index contributed by atoms with van der Waals surface area (Å²) in [5, 5.41) is 11.7. The van der Waals surface area contributed by atoms with Crippen LogP contribution in [-0.4, -0.2) is 23.5 Å². The molecule has 0 radical (unpaired) electrons. The number of hydrogen-bond acceptors (Lipinski definition) is 2. The van der Waals surface area contributed by atoms with E-state index in [1.54, 1.807) is 6.92 Å². The molecule has 0 fully saturated rings. The van der Waals surface area contributed by atoms with Crippen LogP contribution in [0.25, 0.3) is 6.08 Å². The van der Waals surface area contributed by atoms with Gasteiger partial charge in [0.05, 0.1) is 4.47 Å². The third-order valence-electron chi connectivity index (χ3n) is 2.63. The van der Waals surface area contributed by atoms with Crippen molar-refractivity contribution in [1.29, 1.82) is 0 Å². The molecule has 6 heteroatoms. The van der Waals surface area contributed by atoms with E-state index in [0.29, 0.717) is 11.1 Å². The summed E-state index contributed by atoms with van der Waals surface area (Å²) >= 11 is 3.04. The Hall–Kier alpha value is -1.95. The molecule has 1 aromatic carbocycles. The van der Waals surface area contributed by atoms with Gasteiger partial charge in [0.15, 0.2) is 0 Å². The second-order valence-corrected chi connectivity index (χ2v) is 5.29. The summed E-state index contributed by atoms with van der Waals surface area (Å²) in [6, 6.07) is 4.22. The maximum atomic E-state index is 13.1. The molecule has 1 aromatic rings. The Kier molecular flexibility index (Phi) is 6.30. The monoisotopic (exact) mass is 355 g/mol. The maximum Gasteiger partial charge on any atom is 0.331 e. The van der Waals surface area contributed by atoms with Gasteiger partial charge in [0.25, 0.3) is 0 Å². The molecule has 1 amide bonds. The van der Waals surface area contributed by atoms with Crippen molar-refractivity contribution < 1.29 is 19.1 Å². The molecule has 0 aromatic heterocycles. The van der Waals surface area contributed by atoms with E-state index >= 15 is 0 Å². The third kappa shape index (κ3) is 5.51. The largest absolute Gasteiger partial charge is 0.478 e. The highest BCUT2D eigenvalue weighted by molar-refractivity contribution is 9.10. The molecule has 0 heterocycles. The zero-order valence-corrected chi connectivity index (χ0v) is 13.0. The molecule has 1 rings (SSSR count). The van der Waals surface area contributed by atoms with Crippen LogP contribution in [0.3, 0.4) is 0 Å². The average molecular weight is 356 g/mol. The zero-order chi connectivity index (χ0) is 16.0. The van der Waals surface area contributed by atoms with Crippen LogP contribution < -0.4 is 5.32 Å². The minimum absolute atomic E-state index is 0.121. The highest BCUT2D eigenvalue weighted by atomic mass is 79.9. The molecule has 0 atom stereocenters. The molecule has 0 bridgehead atoms. The molecule has 0 saturated carbocycles. The van der Waals surface area contributed by atoms with Crippen LogP contribution in [-0.2, 0) is 9.59 Å². The fourth-order valence-corrected chi connectivity index (χ4v) is 1.90. The standard InChI is InChI=1S/C15H15BrFNO3/c1-9(2)14(19)18-6-5-11(15(20)21)7-10-3-4-13(17)12(16)8-10/h3-4,7-8H,1,5-6H2,2H3,(H,18,19)(H,20,21)/b11-7+. The molecule has 0 spiro atoms. The second kappa shape index (κ2) is 7.73. The van der Waals surface area contributed by atoms with Crippen molar-refractivity contribution in [2.45, 2.75) is 13.3 Å². The van der Waals surface area contributed by atoms with Crippen molar-refractivity contribution in [3.8, 4) is 0 Å². The first-order valence-corrected chi connectivity index (χ1v) is 6.93. The molecule has 0 unspecified atom stereocenters. The van der Waals surface area contributed by atoms with Gasteiger partial charge in [-0.25, -0.2) is 9.18 Å². The van der Waals surface area contributed by atoms with Gasteiger partial charge in [-0.2, -0.15) is 0 Å². The molecule has 0 aliphatic heterocycles. The van der Waals surface area contributed by atoms with E-state index in [4.69, 9.17) is 5.11 Å². The molecule has 0 aliphatic carbocycles. The van der Waals surface area contributed by atoms with E-state index in [1.807, 2.05) is 0 Å². The number of carboxylic acid groups (broad SMARTS) is 1. The predicted molar refractivity (Wildman–Crippen MR) is 82.2 cm³/mol. The maximum absolute atomic E-state index is 13.1. The van der Waals surface area contributed by atoms with Crippen molar-refractivity contribution in [3.63, 3.8) is 0 Å². The van der Waals surface area contributed by atoms with E-state index in [0.717, 1.165) is 0 Å². The molecule has 21 heavy (non-hydrogen) atoms. The summed E-state index contributed by atoms with van der Waals surface area (Å²) in [5.41, 5.74) is 1.04. The van der Waals surface area contributed by atoms with Crippen LogP contribution in [0.1, 0.15) is 18.9 Å². The summed E-state index contributed by atoms with van der Waals surface area (Å²) in [5.74, 6) is -1.82. The van der Waals surface area contributed by atoms with E-state index in [9.17, 15) is 14.0 Å². The zero-order valence-electron chi connectivity index (χ0n) is 11.5. The lowest BCUT2D eigenvalue weighted by atomic mass is 10.1. The van der Waals surface area contributed by atoms with Gasteiger partial charge >= 0.3 is 5.97 Å². The summed E-state index contributed by atoms with van der Waals surface area (Å²) < 4.78 is 13.4. The lowest BCUT2D eigenvalue weighted by Crippen LogP contribution is -2.25. The third-order valence-corrected chi connectivity index (χ3v) is 3.23. The summed E-state index contributed by atoms with van der Waals surface area (Å²) in [6.45, 7) is 5.25. The molecule has 112 valence electrons. The minimum atomic E-state index is -1.08. The van der Waals surface area contributed by atoms with E-state index in [2.05, 4.69) is 27.8 Å². The van der Waals surface area contributed by atoms with E-state index in [-0.39, 0.29) is 28.9 Å². The van der Waals surface area contributed by atoms with Crippen molar-refractivity contribution in [2.24, 2.45) is 0 Å². The van der Waals surface area contributed by atoms with Gasteiger partial charge in [0.1, 0.15) is 5.82 Å². The van der Waals surface area contributed by atoms with Crippen molar-refractivity contribution >= 4 is 33.9 Å². The fourth-order valence-electron chi connectivity index (χ4n) is 1.51. The number of hydrogen-bond donors (Lipinski definition) is 2. The minimum Gasteiger partial charge on any atom is -0.478 e. The Bertz CT molecular complexity index is 611. The Morgan fingerprint density at radius 2 is 2.14 bits per heavy atom. The van der Waals surface area contributed by atoms with Crippen molar-refractivity contribution in [3.05, 3.63) is 51.8 Å². The topological polar surface area (TPSA) is 66.4 Å². The number of aliphatic carboxylic acids is 1. The van der Waals surface area contributed by atoms with Crippen LogP contribution in [0.2, 0.25) is 0 Å². The van der Waals surface area contributed by atoms with Crippen LogP contribution in [0, 0.1) is 5.82 Å². The number of carbonyl (C=O) groups is 2. The average Bonchev–Trinajstić information content (AvgIpc) is 2.41. The summed E-state index contributed by atoms with van der Waals surface area (Å²) in [4.78, 5) is 22.5. The molecule has 2 N–H and O–H groups in total. The number of carboxylic acids is 1. The number of rotatable bonds is 6. The van der Waals surface area contributed by atoms with Crippen LogP contribution in [0.5, 0.6) is 0 Å². The van der Waals surface area contributed by atoms with Gasteiger partial charge in [-0.05, 0) is 53.0 Å². The SMILES string of the molecule is C=C(C)C(=O)NCC/C(=C\c1ccc(F)c(Br)c1)C(=O)O. The highest BCUT2D eigenvalue weighted by Gasteiger charge is 2.09. The Labute approximate surface area is 130 Å². The number of benzene rings is 1. The lowest BCUT2D eigenvalue weighted by Gasteiger charge is -2.06. The first-order valence-electron chi connectivity index (χ1n) is 6.14. The second-order valence-electron chi connectivity index (χ2n) is 4.43. The highest BCUT2D eigenvalue weighted by Crippen LogP contribution is 2.19. The van der Waals surface area contributed by atoms with Crippen molar-refractivity contribution in [2.75, 3.05) is 6.54 Å². The summed E-state index contributed by atoms with van der Waals surface area (Å²) in [6.07, 6.45) is 1.60. The molecular weight excluding hydrogens is 341 g/mol. The first-order chi connectivity index (χ1) is 9.81. The van der Waals surface area contributed by atoms with Gasteiger partial charge in [0.2, 0.25) is 5.91 Å². The van der Waals surface area contributed by atoms with E-state index < -0.39 is 11.8 Å². The number of nitrogens with one attached hydrogen (secondary N) is 1. The molecule has 4 nitrogen and oxygen atoms in total. The molecular formula is C15H15BrFNO3. The summed E-state index contributed by atoms with van der Waals surface area (Å²) in [7, 11) is 0. The van der Waals surface area contributed by atoms with Crippen LogP contribution in [0.15, 0.2) is 40.4 Å². The van der Waals surface area contributed by atoms with Crippen molar-refractivity contribution in [1.82, 2.24) is 5.32 Å². The quantitative estimate of drug-likeness (QED) is 0.770. The fraction of sp³-hybridized carbons (Fsp3) is 0.200. The number of amides is 1. The van der Waals surface area contributed by atoms with Gasteiger partial charge in [-0.3, -0.25) is 4.79 Å². The van der Waals surface area contributed by atoms with Gasteiger partial charge in [-0.15, -0.1) is 0 Å². The lowest BCUT2D eigenvalue weighted by molar-refractivity contribution is -0.132. The normalized spacial score (nSPS) is 11.1. The van der Waals surface area contributed by atoms with E-state index in [1.165, 1.54) is 24.3 Å². The number of carbonyl (C=O) groups excluding carboxylic acids is 1. The Balaban J connectivity index is 2.79. The Morgan fingerprint density at radius 1 is 1.48 bits per heavy atom. The predicted octanol–water partition coefficient (Wildman–Crippen LogP) is 3.14. The molecule has 0 saturated heterocycles. The van der Waals surface area contributed by atoms with Crippen LogP contribution in [0.4, 0.5) is 4.39 Å². The smallest absolute Gasteiger partial charge is 0.331 e. The van der Waals surface area contributed by atoms with Gasteiger partial charge < -0.3 is 10.4 Å². The van der Waals surface area contributed by atoms with Gasteiger partial charge in [0, 0.05) is 17.7 Å². The Morgan fingerprint density at radius 3 is 2.67 bits per heavy atom. The number of halogens is 2. The van der Waals surface area contributed by atoms with Gasteiger partial charge in [-0.1, -0.05) is 12.6 Å².